The fraction of sp³-hybridized carbons (Fsp3) is 0.533. The molecule has 1 rings (SSSR count). The van der Waals surface area contributed by atoms with Gasteiger partial charge in [0.05, 0.1) is 6.61 Å². The Morgan fingerprint density at radius 3 is 2.30 bits per heavy atom. The van der Waals surface area contributed by atoms with Crippen molar-refractivity contribution in [1.82, 2.24) is 5.32 Å². The molecule has 0 aliphatic carbocycles. The van der Waals surface area contributed by atoms with Crippen molar-refractivity contribution in [3.63, 3.8) is 0 Å². The smallest absolute Gasteiger partial charge is 0.330 e. The van der Waals surface area contributed by atoms with Crippen LogP contribution in [0.4, 0.5) is 8.78 Å². The maximum atomic E-state index is 13.4. The maximum absolute atomic E-state index is 13.4. The van der Waals surface area contributed by atoms with Crippen LogP contribution in [0.1, 0.15) is 33.3 Å². The highest BCUT2D eigenvalue weighted by Gasteiger charge is 2.37. The molecule has 0 aliphatic heterocycles. The molecule has 0 fully saturated rings. The van der Waals surface area contributed by atoms with Crippen LogP contribution in [0, 0.1) is 17.6 Å². The van der Waals surface area contributed by atoms with Crippen LogP contribution in [0.15, 0.2) is 18.2 Å². The number of esters is 1. The number of halogens is 2. The second kappa shape index (κ2) is 6.79. The first-order valence-corrected chi connectivity index (χ1v) is 6.68. The third-order valence-electron chi connectivity index (χ3n) is 2.99. The molecule has 0 aliphatic rings. The largest absolute Gasteiger partial charge is 0.464 e. The zero-order valence-electron chi connectivity index (χ0n) is 12.3. The molecule has 20 heavy (non-hydrogen) atoms. The van der Waals surface area contributed by atoms with Crippen molar-refractivity contribution < 1.29 is 18.3 Å². The predicted octanol–water partition coefficient (Wildman–Crippen LogP) is 2.99. The second-order valence-electron chi connectivity index (χ2n) is 5.28. The number of hydrogen-bond donors (Lipinski definition) is 1. The fourth-order valence-corrected chi connectivity index (χ4v) is 1.82. The summed E-state index contributed by atoms with van der Waals surface area (Å²) in [5.41, 5.74) is -1.06. The lowest BCUT2D eigenvalue weighted by molar-refractivity contribution is -0.151. The van der Waals surface area contributed by atoms with E-state index in [1.165, 1.54) is 0 Å². The Kier molecular flexibility index (Phi) is 5.62. The van der Waals surface area contributed by atoms with Crippen LogP contribution < -0.4 is 5.32 Å². The highest BCUT2D eigenvalue weighted by molar-refractivity contribution is 5.82. The molecule has 0 saturated heterocycles. The van der Waals surface area contributed by atoms with Gasteiger partial charge in [-0.2, -0.15) is 0 Å². The van der Waals surface area contributed by atoms with Crippen LogP contribution in [0.3, 0.4) is 0 Å². The Morgan fingerprint density at radius 2 is 1.85 bits per heavy atom. The van der Waals surface area contributed by atoms with Crippen molar-refractivity contribution in [3.8, 4) is 0 Å². The van der Waals surface area contributed by atoms with E-state index in [2.05, 4.69) is 5.32 Å². The van der Waals surface area contributed by atoms with Crippen LogP contribution >= 0.6 is 0 Å². The van der Waals surface area contributed by atoms with E-state index in [-0.39, 0.29) is 18.1 Å². The molecule has 0 amide bonds. The van der Waals surface area contributed by atoms with Gasteiger partial charge >= 0.3 is 5.97 Å². The lowest BCUT2D eigenvalue weighted by atomic mass is 9.91. The van der Waals surface area contributed by atoms with Gasteiger partial charge in [0.1, 0.15) is 17.2 Å². The third kappa shape index (κ3) is 4.00. The average Bonchev–Trinajstić information content (AvgIpc) is 2.34. The van der Waals surface area contributed by atoms with E-state index in [1.807, 2.05) is 13.8 Å². The highest BCUT2D eigenvalue weighted by atomic mass is 19.1. The molecule has 112 valence electrons. The molecule has 3 nitrogen and oxygen atoms in total. The molecule has 0 aromatic heterocycles. The van der Waals surface area contributed by atoms with Crippen LogP contribution in [0.5, 0.6) is 0 Å². The summed E-state index contributed by atoms with van der Waals surface area (Å²) in [6, 6.07) is 3.07. The zero-order chi connectivity index (χ0) is 15.3. The molecule has 0 bridgehead atoms. The maximum Gasteiger partial charge on any atom is 0.330 e. The van der Waals surface area contributed by atoms with Crippen molar-refractivity contribution in [2.75, 3.05) is 13.2 Å². The number of benzene rings is 1. The van der Waals surface area contributed by atoms with E-state index in [0.29, 0.717) is 6.54 Å². The van der Waals surface area contributed by atoms with Gasteiger partial charge in [0.25, 0.3) is 0 Å². The van der Waals surface area contributed by atoms with Gasteiger partial charge in [-0.15, -0.1) is 0 Å². The standard InChI is InChI=1S/C15H21F2NO2/c1-5-20-14(19)15(4,18-9-10(2)3)11-6-12(16)8-13(17)7-11/h6-8,10,18H,5,9H2,1-4H3. The van der Waals surface area contributed by atoms with Crippen LogP contribution in [0.25, 0.3) is 0 Å². The average molecular weight is 285 g/mol. The fourth-order valence-electron chi connectivity index (χ4n) is 1.82. The summed E-state index contributed by atoms with van der Waals surface area (Å²) in [6.45, 7) is 7.94. The van der Waals surface area contributed by atoms with E-state index in [0.717, 1.165) is 18.2 Å². The third-order valence-corrected chi connectivity index (χ3v) is 2.99. The quantitative estimate of drug-likeness (QED) is 0.817. The lowest BCUT2D eigenvalue weighted by Gasteiger charge is -2.30. The van der Waals surface area contributed by atoms with Crippen molar-refractivity contribution in [3.05, 3.63) is 35.4 Å². The summed E-state index contributed by atoms with van der Waals surface area (Å²) in [6.07, 6.45) is 0. The normalized spacial score (nSPS) is 14.2. The zero-order valence-corrected chi connectivity index (χ0v) is 12.3. The first kappa shape index (κ1) is 16.6. The number of carbonyl (C=O) groups excluding carboxylic acids is 1. The second-order valence-corrected chi connectivity index (χ2v) is 5.28. The molecular formula is C15H21F2NO2. The minimum atomic E-state index is -1.27. The molecule has 0 spiro atoms. The predicted molar refractivity (Wildman–Crippen MR) is 73.2 cm³/mol. The van der Waals surface area contributed by atoms with E-state index < -0.39 is 23.1 Å². The van der Waals surface area contributed by atoms with Crippen molar-refractivity contribution in [2.45, 2.75) is 33.2 Å². The van der Waals surface area contributed by atoms with Gasteiger partial charge in [0.2, 0.25) is 0 Å². The Labute approximate surface area is 118 Å². The molecule has 1 aromatic rings. The van der Waals surface area contributed by atoms with Crippen LogP contribution in [-0.4, -0.2) is 19.1 Å². The number of ether oxygens (including phenoxy) is 1. The summed E-state index contributed by atoms with van der Waals surface area (Å²) in [5.74, 6) is -1.71. The first-order chi connectivity index (χ1) is 9.29. The Balaban J connectivity index is 3.17. The van der Waals surface area contributed by atoms with E-state index >= 15 is 0 Å². The molecule has 1 unspecified atom stereocenters. The molecule has 0 radical (unpaired) electrons. The number of nitrogens with one attached hydrogen (secondary N) is 1. The van der Waals surface area contributed by atoms with Crippen molar-refractivity contribution in [1.29, 1.82) is 0 Å². The Morgan fingerprint density at radius 1 is 1.30 bits per heavy atom. The molecular weight excluding hydrogens is 264 g/mol. The number of rotatable bonds is 6. The molecule has 5 heteroatoms. The monoisotopic (exact) mass is 285 g/mol. The van der Waals surface area contributed by atoms with E-state index in [9.17, 15) is 13.6 Å². The van der Waals surface area contributed by atoms with Gasteiger partial charge in [-0.1, -0.05) is 13.8 Å². The highest BCUT2D eigenvalue weighted by Crippen LogP contribution is 2.25. The van der Waals surface area contributed by atoms with Gasteiger partial charge in [0.15, 0.2) is 0 Å². The SMILES string of the molecule is CCOC(=O)C(C)(NCC(C)C)c1cc(F)cc(F)c1. The van der Waals surface area contributed by atoms with Crippen LogP contribution in [0.2, 0.25) is 0 Å². The van der Waals surface area contributed by atoms with Gasteiger partial charge in [-0.05, 0) is 44.0 Å². The summed E-state index contributed by atoms with van der Waals surface area (Å²) < 4.78 is 31.8. The van der Waals surface area contributed by atoms with Crippen molar-refractivity contribution >= 4 is 5.97 Å². The minimum absolute atomic E-state index is 0.204. The Hall–Kier alpha value is -1.49. The lowest BCUT2D eigenvalue weighted by Crippen LogP contribution is -2.49. The molecule has 1 aromatic carbocycles. The van der Waals surface area contributed by atoms with Gasteiger partial charge < -0.3 is 4.74 Å². The van der Waals surface area contributed by atoms with Gasteiger partial charge in [-0.3, -0.25) is 5.32 Å². The first-order valence-electron chi connectivity index (χ1n) is 6.68. The summed E-state index contributed by atoms with van der Waals surface area (Å²) in [7, 11) is 0. The van der Waals surface area contributed by atoms with Crippen LogP contribution in [-0.2, 0) is 15.1 Å². The molecule has 0 saturated carbocycles. The van der Waals surface area contributed by atoms with Crippen molar-refractivity contribution in [2.24, 2.45) is 5.92 Å². The molecule has 1 atom stereocenters. The number of hydrogen-bond acceptors (Lipinski definition) is 3. The van der Waals surface area contributed by atoms with Gasteiger partial charge in [0, 0.05) is 6.07 Å². The van der Waals surface area contributed by atoms with E-state index in [1.54, 1.807) is 13.8 Å². The van der Waals surface area contributed by atoms with E-state index in [4.69, 9.17) is 4.74 Å². The summed E-state index contributed by atoms with van der Waals surface area (Å²) in [4.78, 5) is 12.2. The topological polar surface area (TPSA) is 38.3 Å². The summed E-state index contributed by atoms with van der Waals surface area (Å²) >= 11 is 0. The van der Waals surface area contributed by atoms with Gasteiger partial charge in [-0.25, -0.2) is 13.6 Å². The molecule has 1 N–H and O–H groups in total. The summed E-state index contributed by atoms with van der Waals surface area (Å²) in [5, 5.41) is 3.04. The Bertz CT molecular complexity index is 457. The minimum Gasteiger partial charge on any atom is -0.464 e. The number of carbonyl (C=O) groups is 1. The molecule has 0 heterocycles.